The molecule has 0 bridgehead atoms. The summed E-state index contributed by atoms with van der Waals surface area (Å²) >= 11 is 0. The van der Waals surface area contributed by atoms with Crippen LogP contribution in [0.25, 0.3) is 5.76 Å². The highest BCUT2D eigenvalue weighted by molar-refractivity contribution is 6.24. The van der Waals surface area contributed by atoms with Crippen LogP contribution >= 0.6 is 0 Å². The van der Waals surface area contributed by atoms with E-state index in [1.165, 1.54) is 19.0 Å². The van der Waals surface area contributed by atoms with Crippen LogP contribution in [0.2, 0.25) is 0 Å². The average molecular weight is 482 g/mol. The van der Waals surface area contributed by atoms with E-state index in [4.69, 9.17) is 5.73 Å². The number of Topliss-reactive ketones (excluding diaryl/α,β-unsaturated/α-hetero) is 2. The van der Waals surface area contributed by atoms with Crippen LogP contribution < -0.4 is 5.73 Å². The van der Waals surface area contributed by atoms with Gasteiger partial charge in [0.1, 0.15) is 22.8 Å². The number of primary amides is 1. The Bertz CT molecular complexity index is 1200. The van der Waals surface area contributed by atoms with Gasteiger partial charge >= 0.3 is 6.18 Å². The monoisotopic (exact) mass is 482 g/mol. The maximum atomic E-state index is 14.3. The number of phenolic OH excluding ortho intramolecular Hbond substituents is 1. The number of phenols is 1. The summed E-state index contributed by atoms with van der Waals surface area (Å²) in [5.41, 5.74) is -0.820. The standard InChI is InChI=1S/C22H21F3N2O7/c1-27(2)15-9-6-8-12(18(31)21(9,34)19(32)13(17(15)30)20(26)33)16(29)11-7(4-3-5-10(11)28)14(8)22(23,24)25/h3-5,8-9,14-15,28-29,32,34H,6H2,1-2H3,(H2,26,33)/t8-,9-,14-,15-,21-/m0/s1. The first-order chi connectivity index (χ1) is 15.7. The van der Waals surface area contributed by atoms with Gasteiger partial charge in [-0.15, -0.1) is 0 Å². The van der Waals surface area contributed by atoms with Crippen LogP contribution in [0.5, 0.6) is 5.75 Å². The number of carbonyl (C=O) groups is 3. The molecule has 5 atom stereocenters. The number of aliphatic hydroxyl groups is 3. The van der Waals surface area contributed by atoms with Gasteiger partial charge in [-0.25, -0.2) is 0 Å². The van der Waals surface area contributed by atoms with Gasteiger partial charge in [-0.2, -0.15) is 13.2 Å². The second kappa shape index (κ2) is 7.31. The van der Waals surface area contributed by atoms with Gasteiger partial charge in [0.2, 0.25) is 5.78 Å². The van der Waals surface area contributed by atoms with E-state index in [0.717, 1.165) is 18.2 Å². The van der Waals surface area contributed by atoms with Crippen molar-refractivity contribution in [2.75, 3.05) is 14.1 Å². The number of benzene rings is 1. The zero-order valence-corrected chi connectivity index (χ0v) is 17.9. The van der Waals surface area contributed by atoms with Crippen LogP contribution in [0, 0.1) is 11.8 Å². The summed E-state index contributed by atoms with van der Waals surface area (Å²) < 4.78 is 42.9. The van der Waals surface area contributed by atoms with Gasteiger partial charge in [-0.05, 0) is 32.1 Å². The molecule has 3 aliphatic rings. The minimum absolute atomic E-state index is 0.474. The molecule has 1 amide bonds. The Morgan fingerprint density at radius 3 is 2.32 bits per heavy atom. The Hall–Kier alpha value is -3.38. The van der Waals surface area contributed by atoms with Gasteiger partial charge in [0.25, 0.3) is 5.91 Å². The third-order valence-corrected chi connectivity index (χ3v) is 6.96. The van der Waals surface area contributed by atoms with Crippen LogP contribution in [0.1, 0.15) is 23.5 Å². The van der Waals surface area contributed by atoms with Gasteiger partial charge in [-0.3, -0.25) is 19.3 Å². The lowest BCUT2D eigenvalue weighted by Gasteiger charge is -2.51. The van der Waals surface area contributed by atoms with Crippen molar-refractivity contribution in [3.8, 4) is 5.75 Å². The number of halogens is 3. The molecule has 34 heavy (non-hydrogen) atoms. The second-order valence-electron chi connectivity index (χ2n) is 8.93. The maximum absolute atomic E-state index is 14.3. The highest BCUT2D eigenvalue weighted by Crippen LogP contribution is 2.59. The van der Waals surface area contributed by atoms with E-state index in [9.17, 15) is 48.0 Å². The van der Waals surface area contributed by atoms with E-state index < -0.39 is 99.0 Å². The summed E-state index contributed by atoms with van der Waals surface area (Å²) in [6.07, 6.45) is -5.61. The summed E-state index contributed by atoms with van der Waals surface area (Å²) in [7, 11) is 2.71. The largest absolute Gasteiger partial charge is 0.508 e. The van der Waals surface area contributed by atoms with Crippen molar-refractivity contribution in [2.24, 2.45) is 17.6 Å². The summed E-state index contributed by atoms with van der Waals surface area (Å²) in [5.74, 6) is -12.8. The molecule has 6 N–H and O–H groups in total. The number of hydrogen-bond acceptors (Lipinski definition) is 8. The molecule has 4 rings (SSSR count). The number of aliphatic hydroxyl groups excluding tert-OH is 2. The van der Waals surface area contributed by atoms with Gasteiger partial charge in [0, 0.05) is 17.4 Å². The molecule has 0 unspecified atom stereocenters. The average Bonchev–Trinajstić information content (AvgIpc) is 2.69. The smallest absolute Gasteiger partial charge is 0.396 e. The molecule has 1 saturated carbocycles. The first kappa shape index (κ1) is 23.8. The number of nitrogens with zero attached hydrogens (tertiary/aromatic N) is 1. The molecule has 3 aliphatic carbocycles. The number of likely N-dealkylation sites (N-methyl/N-ethyl adjacent to an activating group) is 1. The van der Waals surface area contributed by atoms with Crippen LogP contribution in [0.3, 0.4) is 0 Å². The fraction of sp³-hybridized carbons (Fsp3) is 0.409. The minimum Gasteiger partial charge on any atom is -0.508 e. The van der Waals surface area contributed by atoms with E-state index in [1.807, 2.05) is 0 Å². The van der Waals surface area contributed by atoms with E-state index in [1.54, 1.807) is 0 Å². The van der Waals surface area contributed by atoms with Gasteiger partial charge < -0.3 is 26.2 Å². The van der Waals surface area contributed by atoms with Gasteiger partial charge in [0.05, 0.1) is 17.5 Å². The highest BCUT2D eigenvalue weighted by Gasteiger charge is 2.67. The quantitative estimate of drug-likeness (QED) is 0.391. The fourth-order valence-electron chi connectivity index (χ4n) is 5.63. The third-order valence-electron chi connectivity index (χ3n) is 6.96. The highest BCUT2D eigenvalue weighted by atomic mass is 19.4. The molecule has 0 aliphatic heterocycles. The lowest BCUT2D eigenvalue weighted by Crippen LogP contribution is -2.66. The summed E-state index contributed by atoms with van der Waals surface area (Å²) in [4.78, 5) is 39.7. The zero-order chi connectivity index (χ0) is 25.5. The molecule has 1 aromatic carbocycles. The summed E-state index contributed by atoms with van der Waals surface area (Å²) in [6.45, 7) is 0. The number of aromatic hydroxyl groups is 1. The van der Waals surface area contributed by atoms with E-state index in [-0.39, 0.29) is 0 Å². The summed E-state index contributed by atoms with van der Waals surface area (Å²) in [5, 5.41) is 43.1. The Kier molecular flexibility index (Phi) is 5.11. The Labute approximate surface area is 190 Å². The lowest BCUT2D eigenvalue weighted by molar-refractivity contribution is -0.173. The normalized spacial score (nSPS) is 31.4. The van der Waals surface area contributed by atoms with Crippen molar-refractivity contribution in [3.05, 3.63) is 46.2 Å². The molecule has 0 spiro atoms. The first-order valence-electron chi connectivity index (χ1n) is 10.2. The molecule has 1 fully saturated rings. The number of carbonyl (C=O) groups excluding carboxylic acids is 3. The van der Waals surface area contributed by atoms with Crippen molar-refractivity contribution >= 4 is 23.2 Å². The number of fused-ring (bicyclic) bond motifs is 3. The number of ketones is 2. The molecular formula is C22H21F3N2O7. The predicted octanol–water partition coefficient (Wildman–Crippen LogP) is 1.07. The van der Waals surface area contributed by atoms with Crippen molar-refractivity contribution in [1.29, 1.82) is 0 Å². The molecule has 0 heterocycles. The number of amides is 1. The number of nitrogens with two attached hydrogens (primary N) is 1. The van der Waals surface area contributed by atoms with E-state index in [0.29, 0.717) is 0 Å². The Balaban J connectivity index is 2.06. The lowest BCUT2D eigenvalue weighted by atomic mass is 9.55. The molecule has 1 aromatic rings. The predicted molar refractivity (Wildman–Crippen MR) is 109 cm³/mol. The van der Waals surface area contributed by atoms with Crippen LogP contribution in [0.4, 0.5) is 13.2 Å². The molecule has 0 saturated heterocycles. The number of hydrogen-bond donors (Lipinski definition) is 5. The molecule has 0 radical (unpaired) electrons. The minimum atomic E-state index is -4.95. The first-order valence-corrected chi connectivity index (χ1v) is 10.2. The van der Waals surface area contributed by atoms with E-state index >= 15 is 0 Å². The Morgan fingerprint density at radius 2 is 1.79 bits per heavy atom. The van der Waals surface area contributed by atoms with Crippen LogP contribution in [-0.4, -0.2) is 74.7 Å². The molecule has 9 nitrogen and oxygen atoms in total. The Morgan fingerprint density at radius 1 is 1.18 bits per heavy atom. The third kappa shape index (κ3) is 2.91. The summed E-state index contributed by atoms with van der Waals surface area (Å²) in [6, 6.07) is 1.77. The van der Waals surface area contributed by atoms with Crippen molar-refractivity contribution < 1.29 is 48.0 Å². The van der Waals surface area contributed by atoms with Crippen LogP contribution in [0.15, 0.2) is 35.1 Å². The van der Waals surface area contributed by atoms with Crippen LogP contribution in [-0.2, 0) is 14.4 Å². The SMILES string of the molecule is CN(C)[C@@H]1C(=O)C(C(N)=O)=C(O)[C@@]2(O)C(=O)C3=C(O)c4c(O)cccc4[C@H](C(F)(F)F)[C@H]3C[C@@H]12. The molecular weight excluding hydrogens is 461 g/mol. The fourth-order valence-corrected chi connectivity index (χ4v) is 5.63. The van der Waals surface area contributed by atoms with E-state index in [2.05, 4.69) is 0 Å². The molecule has 0 aromatic heterocycles. The topological polar surface area (TPSA) is 161 Å². The number of rotatable bonds is 2. The maximum Gasteiger partial charge on any atom is 0.396 e. The van der Waals surface area contributed by atoms with Gasteiger partial charge in [-0.1, -0.05) is 12.1 Å². The molecule has 12 heteroatoms. The van der Waals surface area contributed by atoms with Gasteiger partial charge in [0.15, 0.2) is 11.4 Å². The number of alkyl halides is 3. The molecule has 182 valence electrons. The van der Waals surface area contributed by atoms with Crippen molar-refractivity contribution in [1.82, 2.24) is 4.90 Å². The van der Waals surface area contributed by atoms with Crippen molar-refractivity contribution in [2.45, 2.75) is 30.2 Å². The zero-order valence-electron chi connectivity index (χ0n) is 17.9. The second-order valence-corrected chi connectivity index (χ2v) is 8.93. The van der Waals surface area contributed by atoms with Crippen molar-refractivity contribution in [3.63, 3.8) is 0 Å².